The SMILES string of the molecule is CNC(C)(C)C(=O)NC1CCC(SC)CC1. The molecule has 0 heterocycles. The van der Waals surface area contributed by atoms with Crippen molar-refractivity contribution in [3.05, 3.63) is 0 Å². The van der Waals surface area contributed by atoms with E-state index in [2.05, 4.69) is 16.9 Å². The Hall–Kier alpha value is -0.220. The van der Waals surface area contributed by atoms with E-state index in [1.807, 2.05) is 32.7 Å². The lowest BCUT2D eigenvalue weighted by Gasteiger charge is -2.31. The molecule has 0 aromatic heterocycles. The van der Waals surface area contributed by atoms with Crippen LogP contribution in [-0.4, -0.2) is 36.0 Å². The highest BCUT2D eigenvalue weighted by atomic mass is 32.2. The third kappa shape index (κ3) is 3.67. The molecule has 16 heavy (non-hydrogen) atoms. The fraction of sp³-hybridized carbons (Fsp3) is 0.917. The number of hydrogen-bond acceptors (Lipinski definition) is 3. The van der Waals surface area contributed by atoms with Crippen molar-refractivity contribution in [2.75, 3.05) is 13.3 Å². The minimum atomic E-state index is -0.462. The number of amides is 1. The fourth-order valence-corrected chi connectivity index (χ4v) is 2.67. The van der Waals surface area contributed by atoms with Gasteiger partial charge in [-0.25, -0.2) is 0 Å². The largest absolute Gasteiger partial charge is 0.352 e. The Labute approximate surface area is 103 Å². The molecule has 94 valence electrons. The van der Waals surface area contributed by atoms with Crippen molar-refractivity contribution in [3.63, 3.8) is 0 Å². The average Bonchev–Trinajstić information content (AvgIpc) is 2.30. The van der Waals surface area contributed by atoms with Gasteiger partial charge < -0.3 is 10.6 Å². The van der Waals surface area contributed by atoms with Crippen molar-refractivity contribution in [3.8, 4) is 0 Å². The molecule has 3 nitrogen and oxygen atoms in total. The van der Waals surface area contributed by atoms with Crippen LogP contribution in [-0.2, 0) is 4.79 Å². The van der Waals surface area contributed by atoms with Crippen LogP contribution in [0.4, 0.5) is 0 Å². The molecule has 2 N–H and O–H groups in total. The molecule has 0 unspecified atom stereocenters. The van der Waals surface area contributed by atoms with E-state index in [1.54, 1.807) is 0 Å². The topological polar surface area (TPSA) is 41.1 Å². The first kappa shape index (κ1) is 13.8. The Kier molecular flexibility index (Phi) is 5.12. The summed E-state index contributed by atoms with van der Waals surface area (Å²) in [5, 5.41) is 6.98. The summed E-state index contributed by atoms with van der Waals surface area (Å²) in [6.07, 6.45) is 6.87. The molecule has 0 radical (unpaired) electrons. The van der Waals surface area contributed by atoms with Crippen molar-refractivity contribution in [1.82, 2.24) is 10.6 Å². The molecule has 0 aliphatic heterocycles. The van der Waals surface area contributed by atoms with Gasteiger partial charge in [0.2, 0.25) is 5.91 Å². The van der Waals surface area contributed by atoms with E-state index in [1.165, 1.54) is 12.8 Å². The summed E-state index contributed by atoms with van der Waals surface area (Å²) in [4.78, 5) is 11.9. The smallest absolute Gasteiger partial charge is 0.239 e. The molecule has 1 saturated carbocycles. The molecule has 0 aromatic rings. The highest BCUT2D eigenvalue weighted by Gasteiger charge is 2.29. The lowest BCUT2D eigenvalue weighted by molar-refractivity contribution is -0.127. The minimum Gasteiger partial charge on any atom is -0.352 e. The Morgan fingerprint density at radius 2 is 1.81 bits per heavy atom. The second kappa shape index (κ2) is 5.92. The lowest BCUT2D eigenvalue weighted by Crippen LogP contribution is -2.54. The second-order valence-electron chi connectivity index (χ2n) is 5.06. The van der Waals surface area contributed by atoms with Gasteiger partial charge in [-0.05, 0) is 52.8 Å². The summed E-state index contributed by atoms with van der Waals surface area (Å²) >= 11 is 1.95. The lowest BCUT2D eigenvalue weighted by atomic mass is 9.94. The van der Waals surface area contributed by atoms with Crippen LogP contribution in [0.25, 0.3) is 0 Å². The van der Waals surface area contributed by atoms with Gasteiger partial charge in [-0.15, -0.1) is 0 Å². The van der Waals surface area contributed by atoms with Crippen LogP contribution in [0.15, 0.2) is 0 Å². The first-order valence-corrected chi connectivity index (χ1v) is 7.31. The molecule has 1 aliphatic carbocycles. The van der Waals surface area contributed by atoms with Crippen LogP contribution in [0, 0.1) is 0 Å². The first-order valence-electron chi connectivity index (χ1n) is 6.02. The molecular weight excluding hydrogens is 220 g/mol. The number of carbonyl (C=O) groups is 1. The van der Waals surface area contributed by atoms with Gasteiger partial charge in [0, 0.05) is 11.3 Å². The van der Waals surface area contributed by atoms with Gasteiger partial charge in [0.1, 0.15) is 0 Å². The Balaban J connectivity index is 2.36. The van der Waals surface area contributed by atoms with Crippen molar-refractivity contribution >= 4 is 17.7 Å². The van der Waals surface area contributed by atoms with E-state index < -0.39 is 5.54 Å². The summed E-state index contributed by atoms with van der Waals surface area (Å²) in [6, 6.07) is 0.378. The summed E-state index contributed by atoms with van der Waals surface area (Å²) < 4.78 is 0. The number of thioether (sulfide) groups is 1. The molecular formula is C12H24N2OS. The maximum Gasteiger partial charge on any atom is 0.239 e. The van der Waals surface area contributed by atoms with Crippen molar-refractivity contribution in [1.29, 1.82) is 0 Å². The summed E-state index contributed by atoms with van der Waals surface area (Å²) in [5.41, 5.74) is -0.462. The molecule has 4 heteroatoms. The molecule has 1 amide bonds. The predicted octanol–water partition coefficient (Wildman–Crippen LogP) is 1.77. The maximum atomic E-state index is 11.9. The Morgan fingerprint density at radius 1 is 1.25 bits per heavy atom. The predicted molar refractivity (Wildman–Crippen MR) is 70.8 cm³/mol. The van der Waals surface area contributed by atoms with Crippen LogP contribution in [0.5, 0.6) is 0 Å². The van der Waals surface area contributed by atoms with E-state index in [4.69, 9.17) is 0 Å². The highest BCUT2D eigenvalue weighted by Crippen LogP contribution is 2.27. The summed E-state index contributed by atoms with van der Waals surface area (Å²) in [7, 11) is 1.82. The highest BCUT2D eigenvalue weighted by molar-refractivity contribution is 7.99. The van der Waals surface area contributed by atoms with Gasteiger partial charge >= 0.3 is 0 Å². The monoisotopic (exact) mass is 244 g/mol. The van der Waals surface area contributed by atoms with Gasteiger partial charge in [0.25, 0.3) is 0 Å². The Bertz CT molecular complexity index is 235. The number of likely N-dealkylation sites (N-methyl/N-ethyl adjacent to an activating group) is 1. The van der Waals surface area contributed by atoms with Crippen molar-refractivity contribution in [2.45, 2.75) is 56.4 Å². The molecule has 0 spiro atoms. The number of nitrogens with one attached hydrogen (secondary N) is 2. The number of hydrogen-bond donors (Lipinski definition) is 2. The van der Waals surface area contributed by atoms with E-state index in [0.717, 1.165) is 18.1 Å². The Morgan fingerprint density at radius 3 is 2.25 bits per heavy atom. The van der Waals surface area contributed by atoms with Gasteiger partial charge in [-0.2, -0.15) is 11.8 Å². The zero-order chi connectivity index (χ0) is 12.2. The second-order valence-corrected chi connectivity index (χ2v) is 6.20. The molecule has 1 rings (SSSR count). The van der Waals surface area contributed by atoms with Crippen LogP contribution < -0.4 is 10.6 Å². The van der Waals surface area contributed by atoms with Gasteiger partial charge in [0.05, 0.1) is 5.54 Å². The summed E-state index contributed by atoms with van der Waals surface area (Å²) in [5.74, 6) is 0.114. The van der Waals surface area contributed by atoms with Crippen LogP contribution >= 0.6 is 11.8 Å². The number of rotatable bonds is 4. The molecule has 0 saturated heterocycles. The third-order valence-corrected chi connectivity index (χ3v) is 4.67. The molecule has 0 atom stereocenters. The molecule has 0 aromatic carbocycles. The zero-order valence-corrected chi connectivity index (χ0v) is 11.6. The van der Waals surface area contributed by atoms with Crippen LogP contribution in [0.2, 0.25) is 0 Å². The van der Waals surface area contributed by atoms with Crippen LogP contribution in [0.1, 0.15) is 39.5 Å². The maximum absolute atomic E-state index is 11.9. The van der Waals surface area contributed by atoms with E-state index in [-0.39, 0.29) is 5.91 Å². The molecule has 1 fully saturated rings. The standard InChI is InChI=1S/C12H24N2OS/c1-12(2,13-3)11(15)14-9-5-7-10(16-4)8-6-9/h9-10,13H,5-8H2,1-4H3,(H,14,15). The van der Waals surface area contributed by atoms with Gasteiger partial charge in [0.15, 0.2) is 0 Å². The zero-order valence-electron chi connectivity index (χ0n) is 10.8. The number of carbonyl (C=O) groups excluding carboxylic acids is 1. The molecule has 0 bridgehead atoms. The van der Waals surface area contributed by atoms with Gasteiger partial charge in [-0.1, -0.05) is 0 Å². The first-order chi connectivity index (χ1) is 7.49. The van der Waals surface area contributed by atoms with Crippen LogP contribution in [0.3, 0.4) is 0 Å². The van der Waals surface area contributed by atoms with E-state index in [9.17, 15) is 4.79 Å². The normalized spacial score (nSPS) is 26.5. The quantitative estimate of drug-likeness (QED) is 0.792. The summed E-state index contributed by atoms with van der Waals surface area (Å²) in [6.45, 7) is 3.83. The fourth-order valence-electron chi connectivity index (χ4n) is 1.92. The van der Waals surface area contributed by atoms with Crippen molar-refractivity contribution in [2.24, 2.45) is 0 Å². The average molecular weight is 244 g/mol. The van der Waals surface area contributed by atoms with Gasteiger partial charge in [-0.3, -0.25) is 4.79 Å². The minimum absolute atomic E-state index is 0.114. The third-order valence-electron chi connectivity index (χ3n) is 3.54. The van der Waals surface area contributed by atoms with E-state index >= 15 is 0 Å². The van der Waals surface area contributed by atoms with E-state index in [0.29, 0.717) is 6.04 Å². The molecule has 1 aliphatic rings. The van der Waals surface area contributed by atoms with Crippen molar-refractivity contribution < 1.29 is 4.79 Å².